The fraction of sp³-hybridized carbons (Fsp3) is 0.857. The van der Waals surface area contributed by atoms with Crippen molar-refractivity contribution in [3.05, 3.63) is 0 Å². The monoisotopic (exact) mass is 287 g/mol. The molecule has 0 aliphatic carbocycles. The Morgan fingerprint density at radius 3 is 2.25 bits per heavy atom. The molecule has 0 aliphatic heterocycles. The molecule has 0 aliphatic rings. The Balaban J connectivity index is 3.40. The lowest BCUT2D eigenvalue weighted by Gasteiger charge is -2.11. The molecule has 0 amide bonds. The van der Waals surface area contributed by atoms with Gasteiger partial charge >= 0.3 is 5.97 Å². The maximum Gasteiger partial charge on any atom is 0.305 e. The fourth-order valence-electron chi connectivity index (χ4n) is 1.70. The number of rotatable bonds is 11. The minimum absolute atomic E-state index is 0.121. The molecule has 20 heavy (non-hydrogen) atoms. The molecule has 0 bridgehead atoms. The Hall–Kier alpha value is -1.30. The molecule has 2 N–H and O–H groups in total. The maximum absolute atomic E-state index is 10.9. The predicted molar refractivity (Wildman–Crippen MR) is 81.0 cm³/mol. The van der Waals surface area contributed by atoms with Crippen LogP contribution >= 0.6 is 0 Å². The molecule has 0 unspecified atom stereocenters. The van der Waals surface area contributed by atoms with Gasteiger partial charge in [0.05, 0.1) is 7.11 Å². The highest BCUT2D eigenvalue weighted by Crippen LogP contribution is 2.03. The summed E-state index contributed by atoms with van der Waals surface area (Å²) in [4.78, 5) is 15.1. The lowest BCUT2D eigenvalue weighted by molar-refractivity contribution is -0.140. The SMILES string of the molecule is CN=C(NCCCCCCC(=O)OC)NCCCOC. The normalized spacial score (nSPS) is 11.2. The number of nitrogens with one attached hydrogen (secondary N) is 2. The van der Waals surface area contributed by atoms with Crippen LogP contribution in [0.1, 0.15) is 38.5 Å². The molecule has 0 radical (unpaired) electrons. The Labute approximate surface area is 122 Å². The first-order valence-corrected chi connectivity index (χ1v) is 7.24. The minimum Gasteiger partial charge on any atom is -0.469 e. The van der Waals surface area contributed by atoms with E-state index in [0.717, 1.165) is 57.8 Å². The van der Waals surface area contributed by atoms with Gasteiger partial charge < -0.3 is 20.1 Å². The van der Waals surface area contributed by atoms with E-state index in [0.29, 0.717) is 6.42 Å². The van der Waals surface area contributed by atoms with Gasteiger partial charge in [0.15, 0.2) is 5.96 Å². The van der Waals surface area contributed by atoms with Crippen molar-refractivity contribution in [2.45, 2.75) is 38.5 Å². The molecule has 6 nitrogen and oxygen atoms in total. The van der Waals surface area contributed by atoms with Gasteiger partial charge in [0, 0.05) is 40.3 Å². The average molecular weight is 287 g/mol. The van der Waals surface area contributed by atoms with E-state index in [-0.39, 0.29) is 5.97 Å². The van der Waals surface area contributed by atoms with Crippen LogP contribution in [0.5, 0.6) is 0 Å². The van der Waals surface area contributed by atoms with Gasteiger partial charge in [-0.15, -0.1) is 0 Å². The van der Waals surface area contributed by atoms with Gasteiger partial charge in [0.1, 0.15) is 0 Å². The third-order valence-electron chi connectivity index (χ3n) is 2.87. The smallest absolute Gasteiger partial charge is 0.305 e. The maximum atomic E-state index is 10.9. The molecule has 0 saturated heterocycles. The minimum atomic E-state index is -0.121. The van der Waals surface area contributed by atoms with Gasteiger partial charge in [-0.25, -0.2) is 0 Å². The van der Waals surface area contributed by atoms with E-state index < -0.39 is 0 Å². The second-order valence-corrected chi connectivity index (χ2v) is 4.51. The molecule has 0 aromatic rings. The number of nitrogens with zero attached hydrogens (tertiary/aromatic N) is 1. The number of hydrogen-bond acceptors (Lipinski definition) is 4. The van der Waals surface area contributed by atoms with Crippen LogP contribution in [-0.4, -0.2) is 52.9 Å². The summed E-state index contributed by atoms with van der Waals surface area (Å²) in [5.41, 5.74) is 0. The summed E-state index contributed by atoms with van der Waals surface area (Å²) in [6.07, 6.45) is 5.61. The highest BCUT2D eigenvalue weighted by Gasteiger charge is 1.99. The third kappa shape index (κ3) is 11.8. The van der Waals surface area contributed by atoms with E-state index in [1.807, 2.05) is 0 Å². The first kappa shape index (κ1) is 18.7. The topological polar surface area (TPSA) is 72.0 Å². The molecule has 0 spiro atoms. The van der Waals surface area contributed by atoms with Crippen molar-refractivity contribution in [2.75, 3.05) is 41.0 Å². The van der Waals surface area contributed by atoms with Crippen LogP contribution < -0.4 is 10.6 Å². The molecule has 0 rings (SSSR count). The predicted octanol–water partition coefficient (Wildman–Crippen LogP) is 1.31. The molecule has 0 atom stereocenters. The van der Waals surface area contributed by atoms with Crippen LogP contribution in [0.25, 0.3) is 0 Å². The summed E-state index contributed by atoms with van der Waals surface area (Å²) in [6, 6.07) is 0. The number of esters is 1. The molecule has 0 fully saturated rings. The van der Waals surface area contributed by atoms with Gasteiger partial charge in [0.2, 0.25) is 0 Å². The molecule has 0 aromatic heterocycles. The second kappa shape index (κ2) is 14.1. The number of hydrogen-bond donors (Lipinski definition) is 2. The molecule has 0 heterocycles. The summed E-state index contributed by atoms with van der Waals surface area (Å²) < 4.78 is 9.58. The Morgan fingerprint density at radius 1 is 1.00 bits per heavy atom. The lowest BCUT2D eigenvalue weighted by atomic mass is 10.1. The number of unbranched alkanes of at least 4 members (excludes halogenated alkanes) is 3. The Kier molecular flexibility index (Phi) is 13.2. The number of guanidine groups is 1. The molecule has 6 heteroatoms. The Morgan fingerprint density at radius 2 is 1.65 bits per heavy atom. The summed E-state index contributed by atoms with van der Waals surface area (Å²) in [5.74, 6) is 0.708. The van der Waals surface area contributed by atoms with Gasteiger partial charge in [-0.3, -0.25) is 9.79 Å². The van der Waals surface area contributed by atoms with Crippen LogP contribution in [0.4, 0.5) is 0 Å². The van der Waals surface area contributed by atoms with Crippen LogP contribution in [-0.2, 0) is 14.3 Å². The van der Waals surface area contributed by atoms with Gasteiger partial charge in [0.25, 0.3) is 0 Å². The number of carbonyl (C=O) groups is 1. The zero-order chi connectivity index (χ0) is 15.1. The summed E-state index contributed by atoms with van der Waals surface area (Å²) in [7, 11) is 4.90. The van der Waals surface area contributed by atoms with E-state index in [4.69, 9.17) is 4.74 Å². The van der Waals surface area contributed by atoms with E-state index in [1.165, 1.54) is 7.11 Å². The average Bonchev–Trinajstić information content (AvgIpc) is 2.48. The highest BCUT2D eigenvalue weighted by molar-refractivity contribution is 5.79. The number of carbonyl (C=O) groups excluding carboxylic acids is 1. The Bertz CT molecular complexity index is 270. The van der Waals surface area contributed by atoms with Crippen molar-refractivity contribution in [1.29, 1.82) is 0 Å². The van der Waals surface area contributed by atoms with Crippen molar-refractivity contribution in [3.8, 4) is 0 Å². The lowest BCUT2D eigenvalue weighted by Crippen LogP contribution is -2.38. The third-order valence-corrected chi connectivity index (χ3v) is 2.87. The van der Waals surface area contributed by atoms with Crippen LogP contribution in [0.2, 0.25) is 0 Å². The molecular weight excluding hydrogens is 258 g/mol. The van der Waals surface area contributed by atoms with Crippen molar-refractivity contribution in [2.24, 2.45) is 4.99 Å². The van der Waals surface area contributed by atoms with E-state index in [9.17, 15) is 4.79 Å². The molecular formula is C14H29N3O3. The fourth-order valence-corrected chi connectivity index (χ4v) is 1.70. The summed E-state index contributed by atoms with van der Waals surface area (Å²) in [6.45, 7) is 2.50. The van der Waals surface area contributed by atoms with Crippen LogP contribution in [0.3, 0.4) is 0 Å². The zero-order valence-electron chi connectivity index (χ0n) is 13.0. The second-order valence-electron chi connectivity index (χ2n) is 4.51. The van der Waals surface area contributed by atoms with Crippen molar-refractivity contribution in [3.63, 3.8) is 0 Å². The van der Waals surface area contributed by atoms with Crippen LogP contribution in [0, 0.1) is 0 Å². The number of methoxy groups -OCH3 is 2. The van der Waals surface area contributed by atoms with Gasteiger partial charge in [-0.2, -0.15) is 0 Å². The van der Waals surface area contributed by atoms with Crippen molar-refractivity contribution >= 4 is 11.9 Å². The number of ether oxygens (including phenoxy) is 2. The molecule has 0 aromatic carbocycles. The zero-order valence-corrected chi connectivity index (χ0v) is 13.0. The largest absolute Gasteiger partial charge is 0.469 e. The highest BCUT2D eigenvalue weighted by atomic mass is 16.5. The quantitative estimate of drug-likeness (QED) is 0.259. The van der Waals surface area contributed by atoms with Crippen LogP contribution in [0.15, 0.2) is 4.99 Å². The molecule has 118 valence electrons. The van der Waals surface area contributed by atoms with E-state index in [2.05, 4.69) is 20.4 Å². The summed E-state index contributed by atoms with van der Waals surface area (Å²) >= 11 is 0. The van der Waals surface area contributed by atoms with Crippen molar-refractivity contribution < 1.29 is 14.3 Å². The van der Waals surface area contributed by atoms with Gasteiger partial charge in [-0.1, -0.05) is 12.8 Å². The standard InChI is InChI=1S/C14H29N3O3/c1-15-14(17-11-8-12-19-2)16-10-7-5-4-6-9-13(18)20-3/h4-12H2,1-3H3,(H2,15,16,17). The number of aliphatic imine (C=N–C) groups is 1. The first-order valence-electron chi connectivity index (χ1n) is 7.24. The van der Waals surface area contributed by atoms with E-state index >= 15 is 0 Å². The van der Waals surface area contributed by atoms with Crippen molar-refractivity contribution in [1.82, 2.24) is 10.6 Å². The van der Waals surface area contributed by atoms with E-state index in [1.54, 1.807) is 14.2 Å². The first-order chi connectivity index (χ1) is 9.74. The molecule has 0 saturated carbocycles. The van der Waals surface area contributed by atoms with Gasteiger partial charge in [-0.05, 0) is 19.3 Å². The summed E-state index contributed by atoms with van der Waals surface area (Å²) in [5, 5.41) is 6.49.